The number of aromatic hydroxyl groups is 1. The minimum absolute atomic E-state index is 0.134. The zero-order valence-electron chi connectivity index (χ0n) is 15.4. The van der Waals surface area contributed by atoms with Crippen LogP contribution in [0.4, 0.5) is 5.69 Å². The number of carbonyl (C=O) groups is 1. The summed E-state index contributed by atoms with van der Waals surface area (Å²) in [6.07, 6.45) is 2.65. The number of ketones is 1. The van der Waals surface area contributed by atoms with E-state index in [1.54, 1.807) is 19.1 Å². The predicted octanol–water partition coefficient (Wildman–Crippen LogP) is 3.71. The van der Waals surface area contributed by atoms with Gasteiger partial charge in [-0.25, -0.2) is 4.98 Å². The Bertz CT molecular complexity index is 1120. The highest BCUT2D eigenvalue weighted by Crippen LogP contribution is 2.35. The maximum absolute atomic E-state index is 12.6. The number of aromatic nitrogens is 1. The number of aryl methyl sites for hydroxylation is 1. The maximum atomic E-state index is 12.6. The Morgan fingerprint density at radius 1 is 1.28 bits per heavy atom. The van der Waals surface area contributed by atoms with Crippen molar-refractivity contribution in [2.45, 2.75) is 6.92 Å². The second-order valence-corrected chi connectivity index (χ2v) is 7.01. The van der Waals surface area contributed by atoms with Crippen LogP contribution in [0, 0.1) is 17.0 Å². The van der Waals surface area contributed by atoms with Gasteiger partial charge in [-0.05, 0) is 48.9 Å². The molecule has 0 fully saturated rings. The molecular formula is C20H15N2O6S-. The number of phenolic OH excluding ortho intramolecular Hbond substituents is 1. The maximum Gasteiger partial charge on any atom is 0.266 e. The lowest BCUT2D eigenvalue weighted by atomic mass is 10.1. The summed E-state index contributed by atoms with van der Waals surface area (Å²) in [6.45, 7) is 1.71. The predicted molar refractivity (Wildman–Crippen MR) is 106 cm³/mol. The second kappa shape index (κ2) is 8.11. The molecule has 0 aliphatic carbocycles. The fourth-order valence-electron chi connectivity index (χ4n) is 2.59. The Hall–Kier alpha value is -3.72. The van der Waals surface area contributed by atoms with Crippen molar-refractivity contribution in [3.8, 4) is 27.8 Å². The number of hydrogen-bond donors (Lipinski definition) is 1. The molecule has 0 saturated heterocycles. The number of nitro groups is 1. The van der Waals surface area contributed by atoms with Gasteiger partial charge in [0.05, 0.1) is 22.6 Å². The van der Waals surface area contributed by atoms with Crippen LogP contribution in [0.1, 0.15) is 20.9 Å². The first-order valence-electron chi connectivity index (χ1n) is 8.33. The Kier molecular flexibility index (Phi) is 5.60. The normalized spacial score (nSPS) is 11.0. The third-order valence-corrected chi connectivity index (χ3v) is 5.26. The van der Waals surface area contributed by atoms with Gasteiger partial charge in [0.2, 0.25) is 0 Å². The van der Waals surface area contributed by atoms with E-state index in [0.717, 1.165) is 11.6 Å². The summed E-state index contributed by atoms with van der Waals surface area (Å²) in [4.78, 5) is 27.7. The molecule has 0 amide bonds. The summed E-state index contributed by atoms with van der Waals surface area (Å²) in [6, 6.07) is 8.90. The van der Waals surface area contributed by atoms with Crippen molar-refractivity contribution in [2.24, 2.45) is 0 Å². The first-order valence-corrected chi connectivity index (χ1v) is 9.14. The van der Waals surface area contributed by atoms with Crippen LogP contribution in [0.2, 0.25) is 0 Å². The molecule has 0 radical (unpaired) electrons. The largest absolute Gasteiger partial charge is 0.865 e. The van der Waals surface area contributed by atoms with Gasteiger partial charge in [0.15, 0.2) is 5.78 Å². The lowest BCUT2D eigenvalue weighted by Gasteiger charge is -2.13. The molecule has 9 heteroatoms. The summed E-state index contributed by atoms with van der Waals surface area (Å²) in [7, 11) is 1.24. The lowest BCUT2D eigenvalue weighted by Crippen LogP contribution is -2.01. The van der Waals surface area contributed by atoms with Crippen molar-refractivity contribution in [2.75, 3.05) is 7.11 Å². The van der Waals surface area contributed by atoms with Crippen LogP contribution in [0.5, 0.6) is 17.2 Å². The molecule has 1 aromatic heterocycles. The molecule has 0 aliphatic heterocycles. The highest BCUT2D eigenvalue weighted by atomic mass is 32.1. The molecular weight excluding hydrogens is 396 g/mol. The van der Waals surface area contributed by atoms with Gasteiger partial charge in [-0.3, -0.25) is 14.9 Å². The fraction of sp³-hybridized carbons (Fsp3) is 0.100. The molecule has 148 valence electrons. The number of nitrogens with zero attached hydrogens (tertiary/aromatic N) is 2. The van der Waals surface area contributed by atoms with E-state index < -0.39 is 16.4 Å². The fourth-order valence-corrected chi connectivity index (χ4v) is 3.58. The van der Waals surface area contributed by atoms with E-state index >= 15 is 0 Å². The zero-order chi connectivity index (χ0) is 21.1. The Labute approximate surface area is 169 Å². The van der Waals surface area contributed by atoms with E-state index in [2.05, 4.69) is 4.98 Å². The van der Waals surface area contributed by atoms with Crippen molar-refractivity contribution < 1.29 is 24.7 Å². The molecule has 0 unspecified atom stereocenters. The summed E-state index contributed by atoms with van der Waals surface area (Å²) in [5.41, 5.74) is 0.985. The number of hydrogen-bond acceptors (Lipinski definition) is 8. The van der Waals surface area contributed by atoms with Gasteiger partial charge in [0, 0.05) is 17.4 Å². The summed E-state index contributed by atoms with van der Waals surface area (Å²) in [5.74, 6) is -1.18. The van der Waals surface area contributed by atoms with E-state index in [4.69, 9.17) is 4.74 Å². The quantitative estimate of drug-likeness (QED) is 0.284. The highest BCUT2D eigenvalue weighted by Gasteiger charge is 2.16. The number of ether oxygens (including phenoxy) is 1. The smallest absolute Gasteiger partial charge is 0.266 e. The summed E-state index contributed by atoms with van der Waals surface area (Å²) in [5, 5.41) is 32.9. The molecule has 3 aromatic rings. The molecule has 1 heterocycles. The van der Waals surface area contributed by atoms with Crippen molar-refractivity contribution in [1.82, 2.24) is 4.98 Å². The molecule has 0 saturated carbocycles. The third kappa shape index (κ3) is 4.25. The van der Waals surface area contributed by atoms with Gasteiger partial charge in [0.1, 0.15) is 16.5 Å². The van der Waals surface area contributed by atoms with Crippen LogP contribution in [0.3, 0.4) is 0 Å². The van der Waals surface area contributed by atoms with Crippen LogP contribution in [-0.4, -0.2) is 27.9 Å². The second-order valence-electron chi connectivity index (χ2n) is 6.01. The van der Waals surface area contributed by atoms with Gasteiger partial charge in [-0.15, -0.1) is 11.3 Å². The summed E-state index contributed by atoms with van der Waals surface area (Å²) >= 11 is 1.20. The Balaban J connectivity index is 1.89. The number of allylic oxidation sites excluding steroid dienone is 1. The number of methoxy groups -OCH3 is 1. The van der Waals surface area contributed by atoms with Crippen LogP contribution < -0.4 is 9.84 Å². The van der Waals surface area contributed by atoms with E-state index in [9.17, 15) is 25.1 Å². The number of nitro benzene ring substituents is 1. The van der Waals surface area contributed by atoms with E-state index in [-0.39, 0.29) is 17.3 Å². The van der Waals surface area contributed by atoms with E-state index in [0.29, 0.717) is 21.1 Å². The van der Waals surface area contributed by atoms with Crippen molar-refractivity contribution in [3.63, 3.8) is 0 Å². The van der Waals surface area contributed by atoms with Crippen LogP contribution in [0.15, 0.2) is 42.5 Å². The third-order valence-electron chi connectivity index (χ3n) is 4.04. The number of thiazole rings is 1. The van der Waals surface area contributed by atoms with E-state index in [1.807, 2.05) is 0 Å². The number of phenols is 1. The summed E-state index contributed by atoms with van der Waals surface area (Å²) < 4.78 is 4.89. The first-order chi connectivity index (χ1) is 13.8. The minimum Gasteiger partial charge on any atom is -0.865 e. The average Bonchev–Trinajstić information content (AvgIpc) is 3.08. The van der Waals surface area contributed by atoms with Crippen molar-refractivity contribution in [3.05, 3.63) is 68.7 Å². The monoisotopic (exact) mass is 411 g/mol. The highest BCUT2D eigenvalue weighted by molar-refractivity contribution is 7.17. The zero-order valence-corrected chi connectivity index (χ0v) is 16.2. The molecule has 3 rings (SSSR count). The molecule has 0 spiro atoms. The topological polar surface area (TPSA) is 126 Å². The molecule has 0 bridgehead atoms. The number of carbonyl (C=O) groups excluding carboxylic acids is 1. The number of benzene rings is 2. The molecule has 0 aliphatic rings. The Morgan fingerprint density at radius 2 is 1.97 bits per heavy atom. The van der Waals surface area contributed by atoms with Crippen LogP contribution in [-0.2, 0) is 0 Å². The minimum atomic E-state index is -0.821. The van der Waals surface area contributed by atoms with Gasteiger partial charge in [-0.1, -0.05) is 6.08 Å². The standard InChI is InChI=1S/C20H16N2O6S/c1-11-19(29-20(21-11)13-4-6-14(23)7-5-13)16(24)8-3-12-9-15(22(26)27)18(25)17(10-12)28-2/h3-10,23,25H,1-2H3/p-1/b8-3+. The number of rotatable bonds is 6. The van der Waals surface area contributed by atoms with Crippen molar-refractivity contribution >= 4 is 28.9 Å². The Morgan fingerprint density at radius 3 is 2.59 bits per heavy atom. The molecule has 0 atom stereocenters. The molecule has 2 aromatic carbocycles. The van der Waals surface area contributed by atoms with Crippen LogP contribution >= 0.6 is 11.3 Å². The molecule has 1 N–H and O–H groups in total. The first kappa shape index (κ1) is 20.0. The van der Waals surface area contributed by atoms with Gasteiger partial charge < -0.3 is 14.9 Å². The van der Waals surface area contributed by atoms with E-state index in [1.165, 1.54) is 48.8 Å². The van der Waals surface area contributed by atoms with Gasteiger partial charge in [0.25, 0.3) is 5.69 Å². The van der Waals surface area contributed by atoms with Crippen LogP contribution in [0.25, 0.3) is 16.6 Å². The molecule has 8 nitrogen and oxygen atoms in total. The van der Waals surface area contributed by atoms with Gasteiger partial charge in [-0.2, -0.15) is 0 Å². The van der Waals surface area contributed by atoms with Gasteiger partial charge >= 0.3 is 0 Å². The molecule has 29 heavy (non-hydrogen) atoms. The average molecular weight is 411 g/mol. The lowest BCUT2D eigenvalue weighted by molar-refractivity contribution is -0.398. The van der Waals surface area contributed by atoms with Crippen molar-refractivity contribution in [1.29, 1.82) is 0 Å². The SMILES string of the molecule is COc1cc(/C=C/C(=O)c2sc(-c3ccc(O)cc3)nc2C)cc([N+](=O)[O-])c1[O-].